The van der Waals surface area contributed by atoms with E-state index >= 15 is 0 Å². The maximum Gasteiger partial charge on any atom is 0.295 e. The third kappa shape index (κ3) is 4.82. The van der Waals surface area contributed by atoms with Gasteiger partial charge in [0.15, 0.2) is 0 Å². The summed E-state index contributed by atoms with van der Waals surface area (Å²) in [6, 6.07) is 11.8. The van der Waals surface area contributed by atoms with Crippen molar-refractivity contribution in [2.24, 2.45) is 0 Å². The van der Waals surface area contributed by atoms with E-state index in [0.29, 0.717) is 5.69 Å². The molecular formula is C20H22N6O3. The normalized spacial score (nSPS) is 10.9. The standard InChI is InChI=1S/C20H22N6O3/c1-3-24(4-2)12-15-6-5-7-17(10-15)23-20(27)16-8-9-18(19(11-16)26(28)29)25-14-21-13-22-25/h5-11,13-14H,3-4,12H2,1-2H3,(H,23,27). The predicted octanol–water partition coefficient (Wildman–Crippen LogP) is 3.27. The summed E-state index contributed by atoms with van der Waals surface area (Å²) in [7, 11) is 0. The first-order chi connectivity index (χ1) is 14.0. The number of carbonyl (C=O) groups is 1. The SMILES string of the molecule is CCN(CC)Cc1cccc(NC(=O)c2ccc(-n3cncn3)c([N+](=O)[O-])c2)c1. The molecule has 0 fully saturated rings. The molecule has 1 aromatic heterocycles. The summed E-state index contributed by atoms with van der Waals surface area (Å²) in [6.07, 6.45) is 2.65. The predicted molar refractivity (Wildman–Crippen MR) is 109 cm³/mol. The van der Waals surface area contributed by atoms with Gasteiger partial charge in [0.2, 0.25) is 0 Å². The number of amides is 1. The van der Waals surface area contributed by atoms with Gasteiger partial charge in [-0.15, -0.1) is 0 Å². The van der Waals surface area contributed by atoms with Crippen LogP contribution in [-0.2, 0) is 6.54 Å². The van der Waals surface area contributed by atoms with Crippen molar-refractivity contribution in [2.75, 3.05) is 18.4 Å². The van der Waals surface area contributed by atoms with Crippen LogP contribution in [-0.4, -0.2) is 43.6 Å². The van der Waals surface area contributed by atoms with E-state index in [2.05, 4.69) is 34.1 Å². The Morgan fingerprint density at radius 2 is 2.00 bits per heavy atom. The Balaban J connectivity index is 1.81. The van der Waals surface area contributed by atoms with Crippen molar-refractivity contribution in [3.05, 3.63) is 76.4 Å². The zero-order valence-electron chi connectivity index (χ0n) is 16.3. The molecular weight excluding hydrogens is 372 g/mol. The summed E-state index contributed by atoms with van der Waals surface area (Å²) < 4.78 is 1.29. The van der Waals surface area contributed by atoms with E-state index in [1.54, 1.807) is 6.07 Å². The van der Waals surface area contributed by atoms with Gasteiger partial charge in [0, 0.05) is 23.9 Å². The average molecular weight is 394 g/mol. The zero-order chi connectivity index (χ0) is 20.8. The molecule has 0 aliphatic heterocycles. The van der Waals surface area contributed by atoms with Gasteiger partial charge >= 0.3 is 0 Å². The van der Waals surface area contributed by atoms with Crippen LogP contribution in [0, 0.1) is 10.1 Å². The van der Waals surface area contributed by atoms with Gasteiger partial charge in [-0.25, -0.2) is 9.67 Å². The Hall–Kier alpha value is -3.59. The fourth-order valence-electron chi connectivity index (χ4n) is 2.99. The van der Waals surface area contributed by atoms with Gasteiger partial charge in [-0.05, 0) is 42.9 Å². The first-order valence-corrected chi connectivity index (χ1v) is 9.28. The molecule has 9 nitrogen and oxygen atoms in total. The summed E-state index contributed by atoms with van der Waals surface area (Å²) in [5.74, 6) is -0.418. The first kappa shape index (κ1) is 20.2. The van der Waals surface area contributed by atoms with Crippen LogP contribution in [0.5, 0.6) is 0 Å². The minimum Gasteiger partial charge on any atom is -0.322 e. The molecule has 0 atom stereocenters. The zero-order valence-corrected chi connectivity index (χ0v) is 16.3. The average Bonchev–Trinajstić information content (AvgIpc) is 3.26. The Labute approximate surface area is 168 Å². The van der Waals surface area contributed by atoms with E-state index in [-0.39, 0.29) is 16.9 Å². The van der Waals surface area contributed by atoms with Crippen LogP contribution in [0.4, 0.5) is 11.4 Å². The Morgan fingerprint density at radius 1 is 1.21 bits per heavy atom. The van der Waals surface area contributed by atoms with Crippen LogP contribution in [0.1, 0.15) is 29.8 Å². The number of rotatable bonds is 8. The molecule has 9 heteroatoms. The molecule has 0 bridgehead atoms. The minimum atomic E-state index is -0.543. The molecule has 0 spiro atoms. The molecule has 150 valence electrons. The number of carbonyl (C=O) groups excluding carboxylic acids is 1. The van der Waals surface area contributed by atoms with Crippen LogP contribution in [0.15, 0.2) is 55.1 Å². The van der Waals surface area contributed by atoms with Crippen molar-refractivity contribution < 1.29 is 9.72 Å². The number of anilines is 1. The lowest BCUT2D eigenvalue weighted by molar-refractivity contribution is -0.384. The van der Waals surface area contributed by atoms with E-state index in [1.807, 2.05) is 18.2 Å². The number of hydrogen-bond acceptors (Lipinski definition) is 6. The lowest BCUT2D eigenvalue weighted by Gasteiger charge is -2.18. The van der Waals surface area contributed by atoms with E-state index in [4.69, 9.17) is 0 Å². The molecule has 1 amide bonds. The number of nitrogens with one attached hydrogen (secondary N) is 1. The van der Waals surface area contributed by atoms with Crippen molar-refractivity contribution in [3.8, 4) is 5.69 Å². The van der Waals surface area contributed by atoms with Crippen molar-refractivity contribution in [3.63, 3.8) is 0 Å². The highest BCUT2D eigenvalue weighted by molar-refractivity contribution is 6.05. The van der Waals surface area contributed by atoms with Gasteiger partial charge in [0.1, 0.15) is 18.3 Å². The van der Waals surface area contributed by atoms with Crippen LogP contribution in [0.2, 0.25) is 0 Å². The van der Waals surface area contributed by atoms with Gasteiger partial charge < -0.3 is 5.32 Å². The van der Waals surface area contributed by atoms with Gasteiger partial charge in [-0.1, -0.05) is 26.0 Å². The van der Waals surface area contributed by atoms with Crippen LogP contribution in [0.3, 0.4) is 0 Å². The fraction of sp³-hybridized carbons (Fsp3) is 0.250. The van der Waals surface area contributed by atoms with Gasteiger partial charge in [0.25, 0.3) is 11.6 Å². The first-order valence-electron chi connectivity index (χ1n) is 9.28. The van der Waals surface area contributed by atoms with E-state index in [9.17, 15) is 14.9 Å². The molecule has 3 rings (SSSR count). The Bertz CT molecular complexity index is 999. The third-order valence-electron chi connectivity index (χ3n) is 4.59. The number of hydrogen-bond donors (Lipinski definition) is 1. The minimum absolute atomic E-state index is 0.190. The molecule has 2 aromatic carbocycles. The molecule has 29 heavy (non-hydrogen) atoms. The highest BCUT2D eigenvalue weighted by Crippen LogP contribution is 2.24. The quantitative estimate of drug-likeness (QED) is 0.464. The molecule has 1 N–H and O–H groups in total. The molecule has 0 saturated carbocycles. The monoisotopic (exact) mass is 394 g/mol. The van der Waals surface area contributed by atoms with Crippen molar-refractivity contribution in [1.29, 1.82) is 0 Å². The summed E-state index contributed by atoms with van der Waals surface area (Å²) in [5, 5.41) is 18.2. The number of nitrogens with zero attached hydrogens (tertiary/aromatic N) is 5. The number of aromatic nitrogens is 3. The number of nitro groups is 1. The van der Waals surface area contributed by atoms with Gasteiger partial charge in [-0.3, -0.25) is 19.8 Å². The second kappa shape index (κ2) is 9.07. The second-order valence-electron chi connectivity index (χ2n) is 6.42. The highest BCUT2D eigenvalue weighted by atomic mass is 16.6. The summed E-state index contributed by atoms with van der Waals surface area (Å²) in [6.45, 7) is 6.87. The van der Waals surface area contributed by atoms with E-state index in [1.165, 1.54) is 35.5 Å². The third-order valence-corrected chi connectivity index (χ3v) is 4.59. The topological polar surface area (TPSA) is 106 Å². The molecule has 3 aromatic rings. The molecule has 0 aliphatic carbocycles. The molecule has 1 heterocycles. The molecule has 0 saturated heterocycles. The van der Waals surface area contributed by atoms with Gasteiger partial charge in [0.05, 0.1) is 4.92 Å². The Morgan fingerprint density at radius 3 is 2.66 bits per heavy atom. The lowest BCUT2D eigenvalue weighted by atomic mass is 10.1. The summed E-state index contributed by atoms with van der Waals surface area (Å²) in [5.41, 5.74) is 1.93. The van der Waals surface area contributed by atoms with Crippen molar-refractivity contribution >= 4 is 17.3 Å². The van der Waals surface area contributed by atoms with E-state index in [0.717, 1.165) is 25.2 Å². The largest absolute Gasteiger partial charge is 0.322 e. The molecule has 0 unspecified atom stereocenters. The Kier molecular flexibility index (Phi) is 6.30. The molecule has 0 radical (unpaired) electrons. The van der Waals surface area contributed by atoms with Crippen LogP contribution >= 0.6 is 0 Å². The number of nitro benzene ring substituents is 1. The smallest absolute Gasteiger partial charge is 0.295 e. The highest BCUT2D eigenvalue weighted by Gasteiger charge is 2.19. The summed E-state index contributed by atoms with van der Waals surface area (Å²) in [4.78, 5) is 29.6. The van der Waals surface area contributed by atoms with Crippen LogP contribution < -0.4 is 5.32 Å². The maximum atomic E-state index is 12.7. The van der Waals surface area contributed by atoms with Crippen LogP contribution in [0.25, 0.3) is 5.69 Å². The lowest BCUT2D eigenvalue weighted by Crippen LogP contribution is -2.22. The maximum absolute atomic E-state index is 12.7. The second-order valence-corrected chi connectivity index (χ2v) is 6.42. The fourth-order valence-corrected chi connectivity index (χ4v) is 2.99. The number of benzene rings is 2. The van der Waals surface area contributed by atoms with Gasteiger partial charge in [-0.2, -0.15) is 5.10 Å². The summed E-state index contributed by atoms with van der Waals surface area (Å²) >= 11 is 0. The molecule has 0 aliphatic rings. The van der Waals surface area contributed by atoms with E-state index < -0.39 is 10.8 Å². The van der Waals surface area contributed by atoms with Crippen molar-refractivity contribution in [2.45, 2.75) is 20.4 Å². The van der Waals surface area contributed by atoms with Crippen molar-refractivity contribution in [1.82, 2.24) is 19.7 Å².